The third-order valence-electron chi connectivity index (χ3n) is 4.37. The van der Waals surface area contributed by atoms with Gasteiger partial charge in [0.15, 0.2) is 0 Å². The number of hydrogen-bond acceptors (Lipinski definition) is 3. The lowest BCUT2D eigenvalue weighted by molar-refractivity contribution is -0.148. The molecule has 0 spiro atoms. The topological polar surface area (TPSA) is 75.6 Å². The summed E-state index contributed by atoms with van der Waals surface area (Å²) in [6.45, 7) is 3.11. The fourth-order valence-corrected chi connectivity index (χ4v) is 3.12. The zero-order valence-corrected chi connectivity index (χ0v) is 13.6. The van der Waals surface area contributed by atoms with E-state index in [1.54, 1.807) is 0 Å². The van der Waals surface area contributed by atoms with Crippen molar-refractivity contribution in [1.29, 1.82) is 0 Å². The number of rotatable bonds is 7. The van der Waals surface area contributed by atoms with Gasteiger partial charge in [-0.05, 0) is 43.9 Å². The molecule has 1 aromatic carbocycles. The van der Waals surface area contributed by atoms with Gasteiger partial charge in [-0.25, -0.2) is 0 Å². The summed E-state index contributed by atoms with van der Waals surface area (Å²) in [4.78, 5) is 23.5. The Kier molecular flexibility index (Phi) is 6.44. The van der Waals surface area contributed by atoms with Crippen molar-refractivity contribution in [2.45, 2.75) is 39.0 Å². The van der Waals surface area contributed by atoms with Gasteiger partial charge in [-0.1, -0.05) is 25.0 Å². The minimum atomic E-state index is -0.851. The van der Waals surface area contributed by atoms with Gasteiger partial charge in [-0.2, -0.15) is 0 Å². The van der Waals surface area contributed by atoms with Crippen LogP contribution in [0.2, 0.25) is 0 Å². The molecule has 126 valence electrons. The highest BCUT2D eigenvalue weighted by Crippen LogP contribution is 2.30. The number of benzene rings is 1. The number of ether oxygens (including phenoxy) is 1. The van der Waals surface area contributed by atoms with Crippen LogP contribution in [0.1, 0.15) is 38.2 Å². The second-order valence-corrected chi connectivity index (χ2v) is 5.95. The van der Waals surface area contributed by atoms with E-state index in [4.69, 9.17) is 4.74 Å². The largest absolute Gasteiger partial charge is 0.494 e. The van der Waals surface area contributed by atoms with Crippen molar-refractivity contribution in [3.63, 3.8) is 0 Å². The zero-order chi connectivity index (χ0) is 16.7. The van der Waals surface area contributed by atoms with Crippen molar-refractivity contribution in [1.82, 2.24) is 5.32 Å². The lowest BCUT2D eigenvalue weighted by Crippen LogP contribution is -2.40. The van der Waals surface area contributed by atoms with Crippen molar-refractivity contribution in [2.24, 2.45) is 11.8 Å². The number of nitrogens with one attached hydrogen (secondary N) is 1. The van der Waals surface area contributed by atoms with Gasteiger partial charge in [0.1, 0.15) is 5.75 Å². The third kappa shape index (κ3) is 4.98. The van der Waals surface area contributed by atoms with Crippen molar-refractivity contribution < 1.29 is 19.4 Å². The van der Waals surface area contributed by atoms with E-state index < -0.39 is 11.9 Å². The first kappa shape index (κ1) is 17.3. The van der Waals surface area contributed by atoms with Gasteiger partial charge in [0, 0.05) is 6.54 Å². The first-order valence-electron chi connectivity index (χ1n) is 8.34. The van der Waals surface area contributed by atoms with Crippen LogP contribution < -0.4 is 10.1 Å². The molecule has 1 aliphatic rings. The summed E-state index contributed by atoms with van der Waals surface area (Å²) in [5.74, 6) is -1.05. The van der Waals surface area contributed by atoms with Crippen molar-refractivity contribution in [2.75, 3.05) is 13.2 Å². The number of carbonyl (C=O) groups excluding carboxylic acids is 1. The van der Waals surface area contributed by atoms with Gasteiger partial charge >= 0.3 is 5.97 Å². The van der Waals surface area contributed by atoms with Gasteiger partial charge < -0.3 is 15.2 Å². The minimum absolute atomic E-state index is 0.122. The normalized spacial score (nSPS) is 20.7. The van der Waals surface area contributed by atoms with Gasteiger partial charge in [0.25, 0.3) is 0 Å². The molecule has 5 heteroatoms. The molecule has 0 bridgehead atoms. The third-order valence-corrected chi connectivity index (χ3v) is 4.37. The molecule has 1 saturated carbocycles. The van der Waals surface area contributed by atoms with Gasteiger partial charge in [-0.3, -0.25) is 9.59 Å². The Morgan fingerprint density at radius 2 is 1.83 bits per heavy atom. The molecule has 0 radical (unpaired) electrons. The molecule has 2 N–H and O–H groups in total. The van der Waals surface area contributed by atoms with Crippen LogP contribution >= 0.6 is 0 Å². The minimum Gasteiger partial charge on any atom is -0.494 e. The smallest absolute Gasteiger partial charge is 0.307 e. The fraction of sp³-hybridized carbons (Fsp3) is 0.556. The standard InChI is InChI=1S/C18H25NO4/c1-2-23-14-9-7-13(8-10-14)11-12-19-17(20)15-5-3-4-6-16(15)18(21)22/h7-10,15-16H,2-6,11-12H2,1H3,(H,19,20)(H,21,22). The first-order valence-corrected chi connectivity index (χ1v) is 8.34. The van der Waals surface area contributed by atoms with E-state index in [0.717, 1.165) is 30.6 Å². The van der Waals surface area contributed by atoms with Gasteiger partial charge in [-0.15, -0.1) is 0 Å². The highest BCUT2D eigenvalue weighted by atomic mass is 16.5. The summed E-state index contributed by atoms with van der Waals surface area (Å²) in [6, 6.07) is 7.81. The Hall–Kier alpha value is -2.04. The monoisotopic (exact) mass is 319 g/mol. The molecular formula is C18H25NO4. The van der Waals surface area contributed by atoms with E-state index in [-0.39, 0.29) is 11.8 Å². The quantitative estimate of drug-likeness (QED) is 0.810. The van der Waals surface area contributed by atoms with Crippen molar-refractivity contribution >= 4 is 11.9 Å². The van der Waals surface area contributed by atoms with E-state index in [1.165, 1.54) is 0 Å². The lowest BCUT2D eigenvalue weighted by atomic mass is 9.78. The molecular weight excluding hydrogens is 294 g/mol. The van der Waals surface area contributed by atoms with Crippen LogP contribution in [0.4, 0.5) is 0 Å². The van der Waals surface area contributed by atoms with Gasteiger partial charge in [0.2, 0.25) is 5.91 Å². The molecule has 1 aliphatic carbocycles. The number of hydrogen-bond donors (Lipinski definition) is 2. The Morgan fingerprint density at radius 3 is 2.43 bits per heavy atom. The molecule has 2 atom stereocenters. The van der Waals surface area contributed by atoms with Gasteiger partial charge in [0.05, 0.1) is 18.4 Å². The van der Waals surface area contributed by atoms with Crippen molar-refractivity contribution in [3.8, 4) is 5.75 Å². The highest BCUT2D eigenvalue weighted by Gasteiger charge is 2.35. The Morgan fingerprint density at radius 1 is 1.17 bits per heavy atom. The SMILES string of the molecule is CCOc1ccc(CCNC(=O)C2CCCCC2C(=O)O)cc1. The molecule has 0 aliphatic heterocycles. The van der Waals surface area contributed by atoms with Crippen LogP contribution in [0.5, 0.6) is 5.75 Å². The summed E-state index contributed by atoms with van der Waals surface area (Å²) < 4.78 is 5.39. The Bertz CT molecular complexity index is 526. The first-order chi connectivity index (χ1) is 11.1. The number of carboxylic acids is 1. The molecule has 23 heavy (non-hydrogen) atoms. The molecule has 0 saturated heterocycles. The van der Waals surface area contributed by atoms with E-state index in [2.05, 4.69) is 5.32 Å². The molecule has 5 nitrogen and oxygen atoms in total. The second-order valence-electron chi connectivity index (χ2n) is 5.95. The van der Waals surface area contributed by atoms with Crippen LogP contribution in [-0.4, -0.2) is 30.1 Å². The van der Waals surface area contributed by atoms with E-state index in [0.29, 0.717) is 26.0 Å². The molecule has 1 aromatic rings. The number of amides is 1. The number of aliphatic carboxylic acids is 1. The summed E-state index contributed by atoms with van der Waals surface area (Å²) in [7, 11) is 0. The predicted octanol–water partition coefficient (Wildman–Crippen LogP) is 2.63. The van der Waals surface area contributed by atoms with E-state index in [1.807, 2.05) is 31.2 Å². The maximum Gasteiger partial charge on any atom is 0.307 e. The highest BCUT2D eigenvalue weighted by molar-refractivity contribution is 5.84. The molecule has 1 amide bonds. The van der Waals surface area contributed by atoms with Crippen LogP contribution in [0.3, 0.4) is 0 Å². The maximum atomic E-state index is 12.2. The zero-order valence-electron chi connectivity index (χ0n) is 13.6. The van der Waals surface area contributed by atoms with E-state index in [9.17, 15) is 14.7 Å². The summed E-state index contributed by atoms with van der Waals surface area (Å²) in [5, 5.41) is 12.1. The lowest BCUT2D eigenvalue weighted by Gasteiger charge is -2.27. The molecule has 0 aromatic heterocycles. The number of carboxylic acid groups (broad SMARTS) is 1. The average molecular weight is 319 g/mol. The molecule has 2 unspecified atom stereocenters. The number of carbonyl (C=O) groups is 2. The van der Waals surface area contributed by atoms with E-state index >= 15 is 0 Å². The average Bonchev–Trinajstić information content (AvgIpc) is 2.56. The second kappa shape index (κ2) is 8.56. The molecule has 0 heterocycles. The summed E-state index contributed by atoms with van der Waals surface area (Å²) >= 11 is 0. The molecule has 2 rings (SSSR count). The van der Waals surface area contributed by atoms with Crippen molar-refractivity contribution in [3.05, 3.63) is 29.8 Å². The predicted molar refractivity (Wildman–Crippen MR) is 87.4 cm³/mol. The summed E-state index contributed by atoms with van der Waals surface area (Å²) in [6.07, 6.45) is 3.83. The van der Waals surface area contributed by atoms with Crippen LogP contribution in [0.25, 0.3) is 0 Å². The van der Waals surface area contributed by atoms with Crippen LogP contribution in [0, 0.1) is 11.8 Å². The molecule has 1 fully saturated rings. The van der Waals surface area contributed by atoms with Crippen LogP contribution in [-0.2, 0) is 16.0 Å². The fourth-order valence-electron chi connectivity index (χ4n) is 3.12. The summed E-state index contributed by atoms with van der Waals surface area (Å²) in [5.41, 5.74) is 1.12. The van der Waals surface area contributed by atoms with Crippen LogP contribution in [0.15, 0.2) is 24.3 Å². The Balaban J connectivity index is 1.80. The Labute approximate surface area is 137 Å². The maximum absolute atomic E-state index is 12.2.